The molecule has 0 atom stereocenters. The van der Waals surface area contributed by atoms with Crippen molar-refractivity contribution in [3.63, 3.8) is 0 Å². The summed E-state index contributed by atoms with van der Waals surface area (Å²) in [5.41, 5.74) is 0.498. The van der Waals surface area contributed by atoms with Crippen molar-refractivity contribution in [1.82, 2.24) is 0 Å². The van der Waals surface area contributed by atoms with E-state index in [2.05, 4.69) is 19.6 Å². The van der Waals surface area contributed by atoms with Gasteiger partial charge in [0.1, 0.15) is 5.58 Å². The summed E-state index contributed by atoms with van der Waals surface area (Å²) in [5, 5.41) is 1.87. The first-order chi connectivity index (χ1) is 6.98. The molecule has 0 amide bonds. The van der Waals surface area contributed by atoms with E-state index >= 15 is 0 Å². The summed E-state index contributed by atoms with van der Waals surface area (Å²) >= 11 is 0. The SMILES string of the molecule is C[Si](C)(C)c1cc2ccccc2oc1=O. The van der Waals surface area contributed by atoms with Crippen molar-refractivity contribution in [2.45, 2.75) is 19.6 Å². The molecule has 0 radical (unpaired) electrons. The topological polar surface area (TPSA) is 30.2 Å². The van der Waals surface area contributed by atoms with Crippen molar-refractivity contribution in [1.29, 1.82) is 0 Å². The molecular weight excluding hydrogens is 204 g/mol. The number of rotatable bonds is 1. The molecule has 2 nitrogen and oxygen atoms in total. The first-order valence-electron chi connectivity index (χ1n) is 5.02. The molecule has 2 rings (SSSR count). The van der Waals surface area contributed by atoms with Gasteiger partial charge in [-0.25, -0.2) is 4.79 Å². The number of hydrogen-bond donors (Lipinski definition) is 0. The summed E-state index contributed by atoms with van der Waals surface area (Å²) in [4.78, 5) is 11.7. The van der Waals surface area contributed by atoms with Crippen LogP contribution in [0.15, 0.2) is 39.5 Å². The van der Waals surface area contributed by atoms with Crippen LogP contribution in [0.3, 0.4) is 0 Å². The van der Waals surface area contributed by atoms with Crippen molar-refractivity contribution in [2.24, 2.45) is 0 Å². The Morgan fingerprint density at radius 1 is 1.13 bits per heavy atom. The molecule has 15 heavy (non-hydrogen) atoms. The van der Waals surface area contributed by atoms with E-state index in [-0.39, 0.29) is 5.63 Å². The zero-order valence-corrected chi connectivity index (χ0v) is 10.2. The van der Waals surface area contributed by atoms with Crippen LogP contribution in [-0.2, 0) is 0 Å². The van der Waals surface area contributed by atoms with Gasteiger partial charge >= 0.3 is 5.63 Å². The van der Waals surface area contributed by atoms with Crippen molar-refractivity contribution in [3.05, 3.63) is 40.8 Å². The maximum absolute atomic E-state index is 11.7. The smallest absolute Gasteiger partial charge is 0.335 e. The van der Waals surface area contributed by atoms with E-state index in [1.54, 1.807) is 0 Å². The zero-order chi connectivity index (χ0) is 11.1. The van der Waals surface area contributed by atoms with Crippen LogP contribution < -0.4 is 10.8 Å². The molecular formula is C12H14O2Si. The van der Waals surface area contributed by atoms with Crippen molar-refractivity contribution >= 4 is 24.2 Å². The molecule has 0 aliphatic carbocycles. The standard InChI is InChI=1S/C12H14O2Si/c1-15(2,3)11-8-9-6-4-5-7-10(9)14-12(11)13/h4-8H,1-3H3. The van der Waals surface area contributed by atoms with Gasteiger partial charge < -0.3 is 4.42 Å². The van der Waals surface area contributed by atoms with Gasteiger partial charge in [-0.05, 0) is 12.1 Å². The molecule has 0 saturated carbocycles. The lowest BCUT2D eigenvalue weighted by Crippen LogP contribution is -2.46. The normalized spacial score (nSPS) is 11.9. The third-order valence-electron chi connectivity index (χ3n) is 2.45. The fourth-order valence-electron chi connectivity index (χ4n) is 1.58. The Bertz CT molecular complexity index is 549. The molecule has 1 heterocycles. The fraction of sp³-hybridized carbons (Fsp3) is 0.250. The summed E-state index contributed by atoms with van der Waals surface area (Å²) in [5.74, 6) is 0. The maximum atomic E-state index is 11.7. The highest BCUT2D eigenvalue weighted by Gasteiger charge is 2.21. The van der Waals surface area contributed by atoms with Crippen LogP contribution in [0.4, 0.5) is 0 Å². The van der Waals surface area contributed by atoms with E-state index in [0.717, 1.165) is 10.6 Å². The molecule has 1 aromatic carbocycles. The van der Waals surface area contributed by atoms with Crippen molar-refractivity contribution in [2.75, 3.05) is 0 Å². The third kappa shape index (κ3) is 1.88. The zero-order valence-electron chi connectivity index (χ0n) is 9.20. The second kappa shape index (κ2) is 3.34. The van der Waals surface area contributed by atoms with E-state index in [4.69, 9.17) is 4.42 Å². The minimum atomic E-state index is -1.60. The summed E-state index contributed by atoms with van der Waals surface area (Å²) in [7, 11) is -1.60. The van der Waals surface area contributed by atoms with Crippen LogP contribution >= 0.6 is 0 Å². The third-order valence-corrected chi connectivity index (χ3v) is 4.41. The van der Waals surface area contributed by atoms with Gasteiger partial charge in [-0.2, -0.15) is 0 Å². The predicted octanol–water partition coefficient (Wildman–Crippen LogP) is 2.34. The minimum Gasteiger partial charge on any atom is -0.423 e. The van der Waals surface area contributed by atoms with Crippen LogP contribution in [-0.4, -0.2) is 8.07 Å². The van der Waals surface area contributed by atoms with E-state index in [0.29, 0.717) is 5.58 Å². The molecule has 0 aliphatic rings. The Labute approximate surface area is 89.6 Å². The summed E-state index contributed by atoms with van der Waals surface area (Å²) < 4.78 is 5.30. The largest absolute Gasteiger partial charge is 0.423 e. The summed E-state index contributed by atoms with van der Waals surface area (Å²) in [6.07, 6.45) is 0. The van der Waals surface area contributed by atoms with Crippen LogP contribution in [0.25, 0.3) is 11.0 Å². The van der Waals surface area contributed by atoms with Gasteiger partial charge in [-0.1, -0.05) is 37.8 Å². The van der Waals surface area contributed by atoms with Crippen LogP contribution in [0, 0.1) is 0 Å². The van der Waals surface area contributed by atoms with Gasteiger partial charge in [-0.15, -0.1) is 0 Å². The molecule has 0 saturated heterocycles. The first kappa shape index (κ1) is 10.2. The van der Waals surface area contributed by atoms with E-state index in [9.17, 15) is 4.79 Å². The summed E-state index contributed by atoms with van der Waals surface area (Å²) in [6.45, 7) is 6.44. The van der Waals surface area contributed by atoms with Crippen LogP contribution in [0.1, 0.15) is 0 Å². The summed E-state index contributed by atoms with van der Waals surface area (Å²) in [6, 6.07) is 9.61. The van der Waals surface area contributed by atoms with E-state index in [1.807, 2.05) is 30.3 Å². The van der Waals surface area contributed by atoms with E-state index in [1.165, 1.54) is 0 Å². The Morgan fingerprint density at radius 3 is 2.47 bits per heavy atom. The van der Waals surface area contributed by atoms with E-state index < -0.39 is 8.07 Å². The average Bonchev–Trinajstić information content (AvgIpc) is 2.15. The minimum absolute atomic E-state index is 0.173. The Balaban J connectivity index is 2.79. The molecule has 0 spiro atoms. The number of benzene rings is 1. The average molecular weight is 218 g/mol. The highest BCUT2D eigenvalue weighted by Crippen LogP contribution is 2.11. The molecule has 0 unspecified atom stereocenters. The lowest BCUT2D eigenvalue weighted by atomic mass is 10.2. The lowest BCUT2D eigenvalue weighted by molar-refractivity contribution is 0.566. The number of hydrogen-bond acceptors (Lipinski definition) is 2. The quantitative estimate of drug-likeness (QED) is 0.543. The molecule has 78 valence electrons. The highest BCUT2D eigenvalue weighted by atomic mass is 28.3. The van der Waals surface area contributed by atoms with Crippen molar-refractivity contribution < 1.29 is 4.42 Å². The van der Waals surface area contributed by atoms with Crippen LogP contribution in [0.2, 0.25) is 19.6 Å². The molecule has 0 N–H and O–H groups in total. The monoisotopic (exact) mass is 218 g/mol. The molecule has 0 aliphatic heterocycles. The molecule has 1 aromatic heterocycles. The van der Waals surface area contributed by atoms with Gasteiger partial charge in [0.05, 0.1) is 8.07 Å². The molecule has 0 fully saturated rings. The number of fused-ring (bicyclic) bond motifs is 1. The molecule has 3 heteroatoms. The predicted molar refractivity (Wildman–Crippen MR) is 65.5 cm³/mol. The lowest BCUT2D eigenvalue weighted by Gasteiger charge is -2.14. The van der Waals surface area contributed by atoms with Gasteiger partial charge in [0.25, 0.3) is 0 Å². The second-order valence-corrected chi connectivity index (χ2v) is 9.77. The van der Waals surface area contributed by atoms with Gasteiger partial charge in [0.2, 0.25) is 0 Å². The number of para-hydroxylation sites is 1. The Kier molecular flexibility index (Phi) is 2.27. The van der Waals surface area contributed by atoms with Gasteiger partial charge in [0.15, 0.2) is 0 Å². The molecule has 2 aromatic rings. The fourth-order valence-corrected chi connectivity index (χ4v) is 2.84. The Morgan fingerprint density at radius 2 is 1.80 bits per heavy atom. The van der Waals surface area contributed by atoms with Gasteiger partial charge in [-0.3, -0.25) is 0 Å². The van der Waals surface area contributed by atoms with Crippen molar-refractivity contribution in [3.8, 4) is 0 Å². The second-order valence-electron chi connectivity index (χ2n) is 4.74. The highest BCUT2D eigenvalue weighted by molar-refractivity contribution is 6.88. The Hall–Kier alpha value is -1.35. The first-order valence-corrected chi connectivity index (χ1v) is 8.52. The van der Waals surface area contributed by atoms with Gasteiger partial charge in [0, 0.05) is 10.6 Å². The molecule has 0 bridgehead atoms. The van der Waals surface area contributed by atoms with Crippen LogP contribution in [0.5, 0.6) is 0 Å². The maximum Gasteiger partial charge on any atom is 0.335 e.